The van der Waals surface area contributed by atoms with Crippen LogP contribution in [0.1, 0.15) is 16.7 Å². The van der Waals surface area contributed by atoms with E-state index >= 15 is 0 Å². The van der Waals surface area contributed by atoms with Gasteiger partial charge in [-0.05, 0) is 41.8 Å². The number of hydrogen-bond acceptors (Lipinski definition) is 3. The fourth-order valence-electron chi connectivity index (χ4n) is 1.91. The van der Waals surface area contributed by atoms with Crippen LogP contribution < -0.4 is 4.74 Å². The maximum atomic E-state index is 9.20. The number of benzene rings is 2. The van der Waals surface area contributed by atoms with Gasteiger partial charge in [0.15, 0.2) is 0 Å². The van der Waals surface area contributed by atoms with E-state index in [0.29, 0.717) is 17.9 Å². The molecule has 108 valence electrons. The summed E-state index contributed by atoms with van der Waals surface area (Å²) >= 11 is 3.38. The molecule has 3 nitrogen and oxygen atoms in total. The maximum Gasteiger partial charge on any atom is 0.145 e. The summed E-state index contributed by atoms with van der Waals surface area (Å²) in [7, 11) is 1.69. The summed E-state index contributed by atoms with van der Waals surface area (Å²) < 4.78 is 10.8. The van der Waals surface area contributed by atoms with Crippen LogP contribution in [0.4, 0.5) is 0 Å². The molecule has 0 aliphatic rings. The summed E-state index contributed by atoms with van der Waals surface area (Å²) in [6, 6.07) is 15.6. The number of methoxy groups -OCH3 is 1. The van der Waals surface area contributed by atoms with Gasteiger partial charge in [-0.1, -0.05) is 34.1 Å². The molecule has 21 heavy (non-hydrogen) atoms. The Morgan fingerprint density at radius 1 is 1.10 bits per heavy atom. The number of ether oxygens (including phenoxy) is 2. The number of nitrogens with zero attached hydrogens (tertiary/aromatic N) is 1. The van der Waals surface area contributed by atoms with Gasteiger partial charge in [0, 0.05) is 12.4 Å². The SMILES string of the molecule is COCCc1ccc(Oc2ccc(CBr)cc2C#N)cc1. The fourth-order valence-corrected chi connectivity index (χ4v) is 2.26. The monoisotopic (exact) mass is 345 g/mol. The van der Waals surface area contributed by atoms with E-state index in [9.17, 15) is 5.26 Å². The van der Waals surface area contributed by atoms with Crippen LogP contribution in [-0.2, 0) is 16.5 Å². The molecule has 2 aromatic rings. The highest BCUT2D eigenvalue weighted by atomic mass is 79.9. The van der Waals surface area contributed by atoms with Crippen molar-refractivity contribution in [1.82, 2.24) is 0 Å². The molecule has 0 atom stereocenters. The Hall–Kier alpha value is -1.83. The molecular weight excluding hydrogens is 330 g/mol. The Bertz CT molecular complexity index is 632. The Labute approximate surface area is 133 Å². The van der Waals surface area contributed by atoms with E-state index in [-0.39, 0.29) is 0 Å². The van der Waals surface area contributed by atoms with E-state index < -0.39 is 0 Å². The number of nitriles is 1. The largest absolute Gasteiger partial charge is 0.456 e. The summed E-state index contributed by atoms with van der Waals surface area (Å²) in [5.41, 5.74) is 2.78. The fraction of sp³-hybridized carbons (Fsp3) is 0.235. The third-order valence-electron chi connectivity index (χ3n) is 3.06. The molecule has 0 aliphatic carbocycles. The third kappa shape index (κ3) is 4.32. The van der Waals surface area contributed by atoms with Crippen LogP contribution in [0.25, 0.3) is 0 Å². The highest BCUT2D eigenvalue weighted by molar-refractivity contribution is 9.08. The first-order valence-electron chi connectivity index (χ1n) is 6.61. The maximum absolute atomic E-state index is 9.20. The minimum absolute atomic E-state index is 0.537. The Morgan fingerprint density at radius 3 is 2.43 bits per heavy atom. The topological polar surface area (TPSA) is 42.2 Å². The first-order chi connectivity index (χ1) is 10.3. The van der Waals surface area contributed by atoms with Crippen molar-refractivity contribution in [2.45, 2.75) is 11.8 Å². The molecule has 2 aromatic carbocycles. The zero-order valence-electron chi connectivity index (χ0n) is 11.8. The van der Waals surface area contributed by atoms with Crippen LogP contribution >= 0.6 is 15.9 Å². The van der Waals surface area contributed by atoms with E-state index in [4.69, 9.17) is 9.47 Å². The predicted molar refractivity (Wildman–Crippen MR) is 85.9 cm³/mol. The second-order valence-electron chi connectivity index (χ2n) is 4.56. The van der Waals surface area contributed by atoms with Crippen LogP contribution in [0.5, 0.6) is 11.5 Å². The van der Waals surface area contributed by atoms with Crippen molar-refractivity contribution in [2.75, 3.05) is 13.7 Å². The van der Waals surface area contributed by atoms with E-state index in [1.807, 2.05) is 42.5 Å². The molecule has 0 saturated heterocycles. The number of halogens is 1. The Balaban J connectivity index is 2.13. The second kappa shape index (κ2) is 7.82. The molecule has 4 heteroatoms. The molecule has 0 fully saturated rings. The molecule has 0 spiro atoms. The minimum atomic E-state index is 0.537. The molecule has 0 amide bonds. The average molecular weight is 346 g/mol. The molecule has 0 heterocycles. The Kier molecular flexibility index (Phi) is 5.79. The zero-order valence-corrected chi connectivity index (χ0v) is 13.4. The van der Waals surface area contributed by atoms with Crippen LogP contribution in [0, 0.1) is 11.3 Å². The second-order valence-corrected chi connectivity index (χ2v) is 5.13. The molecule has 0 radical (unpaired) electrons. The molecule has 0 aromatic heterocycles. The molecule has 0 saturated carbocycles. The quantitative estimate of drug-likeness (QED) is 0.727. The third-order valence-corrected chi connectivity index (χ3v) is 3.71. The highest BCUT2D eigenvalue weighted by Gasteiger charge is 2.06. The van der Waals surface area contributed by atoms with E-state index in [1.165, 1.54) is 5.56 Å². The molecule has 0 unspecified atom stereocenters. The van der Waals surface area contributed by atoms with E-state index in [1.54, 1.807) is 7.11 Å². The Morgan fingerprint density at radius 2 is 1.81 bits per heavy atom. The summed E-state index contributed by atoms with van der Waals surface area (Å²) in [5, 5.41) is 9.92. The van der Waals surface area contributed by atoms with E-state index in [2.05, 4.69) is 22.0 Å². The molecule has 0 aliphatic heterocycles. The van der Waals surface area contributed by atoms with Crippen molar-refractivity contribution < 1.29 is 9.47 Å². The predicted octanol–water partition coefficient (Wildman–Crippen LogP) is 4.43. The van der Waals surface area contributed by atoms with Gasteiger partial charge in [-0.3, -0.25) is 0 Å². The first kappa shape index (κ1) is 15.6. The average Bonchev–Trinajstić information content (AvgIpc) is 2.54. The standard InChI is InChI=1S/C17H16BrNO2/c1-20-9-8-13-2-5-16(6-3-13)21-17-7-4-14(11-18)10-15(17)12-19/h2-7,10H,8-9,11H2,1H3. The first-order valence-corrected chi connectivity index (χ1v) is 7.73. The minimum Gasteiger partial charge on any atom is -0.456 e. The summed E-state index contributed by atoms with van der Waals surface area (Å²) in [5.74, 6) is 1.30. The molecule has 0 bridgehead atoms. The smallest absolute Gasteiger partial charge is 0.145 e. The van der Waals surface area contributed by atoms with Gasteiger partial charge in [0.25, 0.3) is 0 Å². The van der Waals surface area contributed by atoms with Crippen molar-refractivity contribution in [3.63, 3.8) is 0 Å². The van der Waals surface area contributed by atoms with Gasteiger partial charge in [0.1, 0.15) is 17.6 Å². The zero-order chi connectivity index (χ0) is 15.1. The summed E-state index contributed by atoms with van der Waals surface area (Å²) in [6.45, 7) is 0.701. The van der Waals surface area contributed by atoms with Crippen LogP contribution in [0.2, 0.25) is 0 Å². The van der Waals surface area contributed by atoms with Gasteiger partial charge in [-0.25, -0.2) is 0 Å². The number of hydrogen-bond donors (Lipinski definition) is 0. The van der Waals surface area contributed by atoms with Crippen LogP contribution in [0.3, 0.4) is 0 Å². The molecule has 0 N–H and O–H groups in total. The van der Waals surface area contributed by atoms with Crippen molar-refractivity contribution in [3.05, 3.63) is 59.2 Å². The lowest BCUT2D eigenvalue weighted by Gasteiger charge is -2.09. The van der Waals surface area contributed by atoms with Gasteiger partial charge in [-0.2, -0.15) is 5.26 Å². The van der Waals surface area contributed by atoms with Gasteiger partial charge in [-0.15, -0.1) is 0 Å². The number of alkyl halides is 1. The van der Waals surface area contributed by atoms with Crippen LogP contribution in [-0.4, -0.2) is 13.7 Å². The lowest BCUT2D eigenvalue weighted by Crippen LogP contribution is -1.94. The van der Waals surface area contributed by atoms with Crippen molar-refractivity contribution in [2.24, 2.45) is 0 Å². The lowest BCUT2D eigenvalue weighted by molar-refractivity contribution is 0.202. The van der Waals surface area contributed by atoms with E-state index in [0.717, 1.165) is 23.1 Å². The van der Waals surface area contributed by atoms with Crippen molar-refractivity contribution in [3.8, 4) is 17.6 Å². The van der Waals surface area contributed by atoms with Gasteiger partial charge < -0.3 is 9.47 Å². The highest BCUT2D eigenvalue weighted by Crippen LogP contribution is 2.26. The summed E-state index contributed by atoms with van der Waals surface area (Å²) in [4.78, 5) is 0. The summed E-state index contributed by atoms with van der Waals surface area (Å²) in [6.07, 6.45) is 0.875. The van der Waals surface area contributed by atoms with Gasteiger partial charge in [0.05, 0.1) is 12.2 Å². The van der Waals surface area contributed by atoms with Crippen molar-refractivity contribution >= 4 is 15.9 Å². The number of rotatable bonds is 6. The van der Waals surface area contributed by atoms with Gasteiger partial charge in [0.2, 0.25) is 0 Å². The van der Waals surface area contributed by atoms with Crippen molar-refractivity contribution in [1.29, 1.82) is 5.26 Å². The molecule has 2 rings (SSSR count). The van der Waals surface area contributed by atoms with Crippen LogP contribution in [0.15, 0.2) is 42.5 Å². The molecular formula is C17H16BrNO2. The normalized spacial score (nSPS) is 10.1. The van der Waals surface area contributed by atoms with Gasteiger partial charge >= 0.3 is 0 Å². The lowest BCUT2D eigenvalue weighted by atomic mass is 10.1.